The molecular weight excluding hydrogens is 452 g/mol. The van der Waals surface area contributed by atoms with Gasteiger partial charge in [-0.15, -0.1) is 0 Å². The summed E-state index contributed by atoms with van der Waals surface area (Å²) >= 11 is 0. The van der Waals surface area contributed by atoms with Crippen molar-refractivity contribution in [2.45, 2.75) is 47.0 Å². The fraction of sp³-hybridized carbons (Fsp3) is 0.200. The third-order valence-corrected chi connectivity index (χ3v) is 6.45. The standard InChI is InChI=1S/C35H36O2/c1-5-11-32-28(7-3)13-9-15-34(32)36-30-21-17-26(18-22-30)25-27-19-23-31(24-20-27)37-35-16-10-14-29(8-4)33(35)12-6-2/h5-6,9-24H,7-8,25H2,1-4H3. The highest BCUT2D eigenvalue weighted by molar-refractivity contribution is 5.63. The van der Waals surface area contributed by atoms with Gasteiger partial charge in [-0.2, -0.15) is 0 Å². The van der Waals surface area contributed by atoms with E-state index in [2.05, 4.69) is 86.7 Å². The van der Waals surface area contributed by atoms with Crippen LogP contribution in [-0.2, 0) is 19.3 Å². The van der Waals surface area contributed by atoms with Gasteiger partial charge in [0.25, 0.3) is 0 Å². The second-order valence-electron chi connectivity index (χ2n) is 9.03. The van der Waals surface area contributed by atoms with E-state index < -0.39 is 0 Å². The molecule has 0 saturated carbocycles. The van der Waals surface area contributed by atoms with Crippen LogP contribution in [0.15, 0.2) is 97.1 Å². The third kappa shape index (κ3) is 6.59. The summed E-state index contributed by atoms with van der Waals surface area (Å²) in [5, 5.41) is 0. The molecule has 0 aliphatic carbocycles. The van der Waals surface area contributed by atoms with Crippen LogP contribution in [0.1, 0.15) is 61.1 Å². The maximum atomic E-state index is 6.25. The van der Waals surface area contributed by atoms with Crippen molar-refractivity contribution >= 4 is 12.2 Å². The van der Waals surface area contributed by atoms with Gasteiger partial charge in [-0.25, -0.2) is 0 Å². The number of hydrogen-bond acceptors (Lipinski definition) is 2. The first-order valence-electron chi connectivity index (χ1n) is 13.2. The topological polar surface area (TPSA) is 18.5 Å². The molecule has 0 saturated heterocycles. The first-order valence-corrected chi connectivity index (χ1v) is 13.2. The lowest BCUT2D eigenvalue weighted by molar-refractivity contribution is 0.480. The summed E-state index contributed by atoms with van der Waals surface area (Å²) in [6.45, 7) is 8.41. The van der Waals surface area contributed by atoms with Crippen molar-refractivity contribution in [1.29, 1.82) is 0 Å². The number of benzene rings is 4. The molecule has 4 rings (SSSR count). The first kappa shape index (κ1) is 26.0. The van der Waals surface area contributed by atoms with Gasteiger partial charge in [0, 0.05) is 11.1 Å². The Balaban J connectivity index is 1.43. The minimum Gasteiger partial charge on any atom is -0.457 e. The summed E-state index contributed by atoms with van der Waals surface area (Å²) in [5.41, 5.74) is 7.36. The number of hydrogen-bond donors (Lipinski definition) is 0. The van der Waals surface area contributed by atoms with Crippen molar-refractivity contribution in [3.63, 3.8) is 0 Å². The van der Waals surface area contributed by atoms with Crippen LogP contribution in [-0.4, -0.2) is 0 Å². The monoisotopic (exact) mass is 488 g/mol. The van der Waals surface area contributed by atoms with Crippen LogP contribution < -0.4 is 9.47 Å². The third-order valence-electron chi connectivity index (χ3n) is 6.45. The summed E-state index contributed by atoms with van der Waals surface area (Å²) in [6, 6.07) is 29.3. The zero-order valence-corrected chi connectivity index (χ0v) is 22.3. The molecule has 0 N–H and O–H groups in total. The summed E-state index contributed by atoms with van der Waals surface area (Å²) in [7, 11) is 0. The van der Waals surface area contributed by atoms with Crippen molar-refractivity contribution in [3.8, 4) is 23.0 Å². The lowest BCUT2D eigenvalue weighted by Gasteiger charge is -2.13. The van der Waals surface area contributed by atoms with Crippen LogP contribution in [0.4, 0.5) is 0 Å². The van der Waals surface area contributed by atoms with E-state index in [1.54, 1.807) is 0 Å². The molecule has 0 aliphatic rings. The van der Waals surface area contributed by atoms with Gasteiger partial charge >= 0.3 is 0 Å². The van der Waals surface area contributed by atoms with Crippen LogP contribution in [0.25, 0.3) is 12.2 Å². The van der Waals surface area contributed by atoms with Crippen LogP contribution in [0.2, 0.25) is 0 Å². The molecule has 0 unspecified atom stereocenters. The molecule has 0 heterocycles. The van der Waals surface area contributed by atoms with Crippen molar-refractivity contribution < 1.29 is 9.47 Å². The van der Waals surface area contributed by atoms with Crippen molar-refractivity contribution in [2.24, 2.45) is 0 Å². The normalized spacial score (nSPS) is 11.4. The van der Waals surface area contributed by atoms with Gasteiger partial charge < -0.3 is 9.47 Å². The van der Waals surface area contributed by atoms with Gasteiger partial charge in [0.05, 0.1) is 0 Å². The zero-order valence-electron chi connectivity index (χ0n) is 22.3. The molecule has 2 heteroatoms. The van der Waals surface area contributed by atoms with E-state index >= 15 is 0 Å². The van der Waals surface area contributed by atoms with Crippen LogP contribution in [0.3, 0.4) is 0 Å². The highest BCUT2D eigenvalue weighted by Crippen LogP contribution is 2.31. The second-order valence-corrected chi connectivity index (χ2v) is 9.03. The van der Waals surface area contributed by atoms with E-state index in [0.29, 0.717) is 0 Å². The molecule has 188 valence electrons. The predicted molar refractivity (Wildman–Crippen MR) is 157 cm³/mol. The summed E-state index contributed by atoms with van der Waals surface area (Å²) in [4.78, 5) is 0. The molecule has 0 amide bonds. The minimum atomic E-state index is 0.845. The molecule has 0 bridgehead atoms. The molecular formula is C35H36O2. The van der Waals surface area contributed by atoms with E-state index in [-0.39, 0.29) is 0 Å². The maximum absolute atomic E-state index is 6.25. The molecule has 0 atom stereocenters. The molecule has 4 aromatic rings. The molecule has 4 aromatic carbocycles. The molecule has 37 heavy (non-hydrogen) atoms. The Labute approximate surface area is 221 Å². The lowest BCUT2D eigenvalue weighted by atomic mass is 10.0. The average Bonchev–Trinajstić information content (AvgIpc) is 2.93. The summed E-state index contributed by atoms with van der Waals surface area (Å²) in [5.74, 6) is 3.47. The van der Waals surface area contributed by atoms with Gasteiger partial charge in [0.1, 0.15) is 23.0 Å². The highest BCUT2D eigenvalue weighted by Gasteiger charge is 2.09. The van der Waals surface area contributed by atoms with Crippen molar-refractivity contribution in [3.05, 3.63) is 130 Å². The van der Waals surface area contributed by atoms with E-state index in [9.17, 15) is 0 Å². The largest absolute Gasteiger partial charge is 0.457 e. The maximum Gasteiger partial charge on any atom is 0.134 e. The van der Waals surface area contributed by atoms with E-state index in [1.807, 2.05) is 50.2 Å². The summed E-state index contributed by atoms with van der Waals surface area (Å²) < 4.78 is 12.5. The van der Waals surface area contributed by atoms with Crippen molar-refractivity contribution in [2.75, 3.05) is 0 Å². The molecule has 0 aromatic heterocycles. The molecule has 0 aliphatic heterocycles. The van der Waals surface area contributed by atoms with Crippen LogP contribution in [0.5, 0.6) is 23.0 Å². The smallest absolute Gasteiger partial charge is 0.134 e. The summed E-state index contributed by atoms with van der Waals surface area (Å²) in [6.07, 6.45) is 11.2. The first-order chi connectivity index (χ1) is 18.1. The van der Waals surface area contributed by atoms with Crippen LogP contribution in [0, 0.1) is 0 Å². The Bertz CT molecular complexity index is 1250. The predicted octanol–water partition coefficient (Wildman–Crippen LogP) is 10.1. The van der Waals surface area contributed by atoms with Crippen molar-refractivity contribution in [1.82, 2.24) is 0 Å². The molecule has 2 nitrogen and oxygen atoms in total. The Morgan fingerprint density at radius 3 is 1.30 bits per heavy atom. The highest BCUT2D eigenvalue weighted by atomic mass is 16.5. The quantitative estimate of drug-likeness (QED) is 0.221. The molecule has 0 radical (unpaired) electrons. The fourth-order valence-electron chi connectivity index (χ4n) is 4.53. The Kier molecular flexibility index (Phi) is 8.99. The van der Waals surface area contributed by atoms with Crippen LogP contribution >= 0.6 is 0 Å². The van der Waals surface area contributed by atoms with E-state index in [4.69, 9.17) is 9.47 Å². The Morgan fingerprint density at radius 1 is 0.541 bits per heavy atom. The van der Waals surface area contributed by atoms with E-state index in [1.165, 1.54) is 22.3 Å². The minimum absolute atomic E-state index is 0.845. The second kappa shape index (κ2) is 12.8. The lowest BCUT2D eigenvalue weighted by Crippen LogP contribution is -1.94. The fourth-order valence-corrected chi connectivity index (χ4v) is 4.53. The number of rotatable bonds is 10. The number of aryl methyl sites for hydroxylation is 2. The Morgan fingerprint density at radius 2 is 0.946 bits per heavy atom. The van der Waals surface area contributed by atoms with Gasteiger partial charge in [0.15, 0.2) is 0 Å². The van der Waals surface area contributed by atoms with Gasteiger partial charge in [-0.3, -0.25) is 0 Å². The molecule has 0 fully saturated rings. The van der Waals surface area contributed by atoms with E-state index in [0.717, 1.165) is 53.4 Å². The molecule has 0 spiro atoms. The average molecular weight is 489 g/mol. The zero-order chi connectivity index (χ0) is 26.0. The number of allylic oxidation sites excluding steroid dienone is 2. The van der Waals surface area contributed by atoms with Gasteiger partial charge in [0.2, 0.25) is 0 Å². The van der Waals surface area contributed by atoms with Gasteiger partial charge in [-0.05, 0) is 91.8 Å². The Hall–Kier alpha value is -4.04. The SMILES string of the molecule is CC=Cc1c(CC)cccc1Oc1ccc(Cc2ccc(Oc3cccc(CC)c3C=CC)cc2)cc1. The van der Waals surface area contributed by atoms with Gasteiger partial charge in [-0.1, -0.05) is 86.7 Å². The number of ether oxygens (including phenoxy) is 2.